The van der Waals surface area contributed by atoms with Crippen LogP contribution in [0.5, 0.6) is 0 Å². The highest BCUT2D eigenvalue weighted by molar-refractivity contribution is 6.14. The smallest absolute Gasteiger partial charge is 0.0588 e. The van der Waals surface area contributed by atoms with E-state index in [1.807, 2.05) is 0 Å². The predicted molar refractivity (Wildman–Crippen MR) is 276 cm³/mol. The van der Waals surface area contributed by atoms with Gasteiger partial charge in [0.2, 0.25) is 0 Å². The van der Waals surface area contributed by atoms with Gasteiger partial charge in [0.15, 0.2) is 0 Å². The molecule has 0 N–H and O–H groups in total. The molecule has 0 aliphatic heterocycles. The van der Waals surface area contributed by atoms with Gasteiger partial charge < -0.3 is 9.13 Å². The zero-order valence-corrected chi connectivity index (χ0v) is 37.0. The zero-order valence-electron chi connectivity index (χ0n) is 37.0. The number of rotatable bonds is 6. The number of hydrogen-bond acceptors (Lipinski definition) is 0. The van der Waals surface area contributed by atoms with Crippen LogP contribution in [0.2, 0.25) is 0 Å². The molecule has 12 aromatic rings. The lowest BCUT2D eigenvalue weighted by Gasteiger charge is -2.48. The third-order valence-electron chi connectivity index (χ3n) is 14.9. The first-order valence-corrected chi connectivity index (χ1v) is 23.1. The first-order chi connectivity index (χ1) is 32.5. The van der Waals surface area contributed by atoms with Gasteiger partial charge in [0, 0.05) is 43.7 Å². The molecule has 2 aromatic heterocycles. The summed E-state index contributed by atoms with van der Waals surface area (Å²) in [6.07, 6.45) is 0. The van der Waals surface area contributed by atoms with Crippen LogP contribution in [0.15, 0.2) is 243 Å². The van der Waals surface area contributed by atoms with Gasteiger partial charge in [0.25, 0.3) is 0 Å². The highest BCUT2D eigenvalue weighted by Crippen LogP contribution is 2.60. The van der Waals surface area contributed by atoms with Crippen LogP contribution in [0, 0.1) is 0 Å². The van der Waals surface area contributed by atoms with Crippen molar-refractivity contribution in [2.75, 3.05) is 0 Å². The lowest BCUT2D eigenvalue weighted by atomic mass is 9.54. The fourth-order valence-corrected chi connectivity index (χ4v) is 11.8. The van der Waals surface area contributed by atoms with Crippen molar-refractivity contribution in [1.29, 1.82) is 0 Å². The number of hydrogen-bond donors (Lipinski definition) is 0. The molecule has 2 nitrogen and oxygen atoms in total. The third-order valence-corrected chi connectivity index (χ3v) is 14.9. The molecule has 2 unspecified atom stereocenters. The van der Waals surface area contributed by atoms with Crippen molar-refractivity contribution in [3.05, 3.63) is 276 Å². The Morgan fingerprint density at radius 1 is 0.288 bits per heavy atom. The number of fused-ring (bicyclic) bond motifs is 10. The van der Waals surface area contributed by atoms with E-state index >= 15 is 0 Å². The fraction of sp³-hybridized carbons (Fsp3) is 0.0625. The van der Waals surface area contributed by atoms with Crippen molar-refractivity contribution in [3.63, 3.8) is 0 Å². The van der Waals surface area contributed by atoms with Gasteiger partial charge in [-0.2, -0.15) is 0 Å². The van der Waals surface area contributed by atoms with Gasteiger partial charge >= 0.3 is 0 Å². The molecule has 0 radical (unpaired) electrons. The van der Waals surface area contributed by atoms with E-state index in [0.717, 1.165) is 11.4 Å². The number of aromatic nitrogens is 2. The fourth-order valence-electron chi connectivity index (χ4n) is 11.8. The molecule has 13 rings (SSSR count). The van der Waals surface area contributed by atoms with E-state index in [0.29, 0.717) is 0 Å². The Hall–Kier alpha value is -8.20. The Morgan fingerprint density at radius 3 is 1.18 bits per heavy atom. The molecule has 0 amide bonds. The van der Waals surface area contributed by atoms with E-state index in [9.17, 15) is 0 Å². The van der Waals surface area contributed by atoms with Crippen LogP contribution in [0.3, 0.4) is 0 Å². The molecular weight excluding hydrogens is 797 g/mol. The molecule has 312 valence electrons. The Labute approximate surface area is 385 Å². The summed E-state index contributed by atoms with van der Waals surface area (Å²) in [5.41, 5.74) is 18.6. The molecule has 66 heavy (non-hydrogen) atoms. The van der Waals surface area contributed by atoms with Gasteiger partial charge in [-0.25, -0.2) is 0 Å². The highest BCUT2D eigenvalue weighted by atomic mass is 15.0. The monoisotopic (exact) mass is 842 g/mol. The number of para-hydroxylation sites is 2. The highest BCUT2D eigenvalue weighted by Gasteiger charge is 2.51. The number of benzene rings is 10. The van der Waals surface area contributed by atoms with E-state index < -0.39 is 10.8 Å². The maximum atomic E-state index is 2.57. The molecule has 2 heterocycles. The van der Waals surface area contributed by atoms with Crippen molar-refractivity contribution in [1.82, 2.24) is 9.13 Å². The summed E-state index contributed by atoms with van der Waals surface area (Å²) in [5, 5.41) is 5.01. The standard InChI is InChI=1S/C64H46N2/c1-63(47-25-11-5-12-26-47)56-41-39-54-52-31-16-18-33-58(52)66(50-29-19-24-46(42-50)44-22-9-4-10-23-44)62(54)60(56)64(2,48-27-13-6-14-28-48)55-40-38-53-51-30-15-17-32-57(51)65(61(53)59(55)63)49-36-34-45(35-37-49)43-20-7-3-8-21-43/h3-42H,1-2H3. The first kappa shape index (κ1) is 38.3. The average Bonchev–Trinajstić information content (AvgIpc) is 3.92. The second-order valence-corrected chi connectivity index (χ2v) is 18.3. The van der Waals surface area contributed by atoms with Crippen LogP contribution >= 0.6 is 0 Å². The lowest BCUT2D eigenvalue weighted by molar-refractivity contribution is 0.574. The Kier molecular flexibility index (Phi) is 8.51. The largest absolute Gasteiger partial charge is 0.309 e. The Morgan fingerprint density at radius 2 is 0.682 bits per heavy atom. The molecule has 0 saturated heterocycles. The summed E-state index contributed by atoms with van der Waals surface area (Å²) in [4.78, 5) is 0. The van der Waals surface area contributed by atoms with Gasteiger partial charge in [0.1, 0.15) is 0 Å². The van der Waals surface area contributed by atoms with E-state index in [4.69, 9.17) is 0 Å². The Balaban J connectivity index is 1.20. The normalized spacial score (nSPS) is 16.8. The van der Waals surface area contributed by atoms with Crippen molar-refractivity contribution < 1.29 is 0 Å². The van der Waals surface area contributed by atoms with E-state index in [1.165, 1.54) is 99.2 Å². The lowest BCUT2D eigenvalue weighted by Crippen LogP contribution is -2.42. The van der Waals surface area contributed by atoms with Crippen LogP contribution < -0.4 is 0 Å². The molecule has 1 aliphatic rings. The van der Waals surface area contributed by atoms with E-state index in [-0.39, 0.29) is 0 Å². The summed E-state index contributed by atoms with van der Waals surface area (Å²) in [6, 6.07) is 90.1. The minimum atomic E-state index is -0.588. The third kappa shape index (κ3) is 5.42. The second kappa shape index (κ2) is 14.7. The van der Waals surface area contributed by atoms with Crippen molar-refractivity contribution in [2.45, 2.75) is 24.7 Å². The molecule has 2 atom stereocenters. The van der Waals surface area contributed by atoms with Crippen LogP contribution in [0.25, 0.3) is 77.2 Å². The molecule has 0 saturated carbocycles. The molecule has 1 aliphatic carbocycles. The van der Waals surface area contributed by atoms with E-state index in [2.05, 4.69) is 266 Å². The topological polar surface area (TPSA) is 9.86 Å². The summed E-state index contributed by atoms with van der Waals surface area (Å²) in [7, 11) is 0. The summed E-state index contributed by atoms with van der Waals surface area (Å²) >= 11 is 0. The van der Waals surface area contributed by atoms with Gasteiger partial charge in [-0.3, -0.25) is 0 Å². The Bertz CT molecular complexity index is 3810. The maximum absolute atomic E-state index is 2.57. The van der Waals surface area contributed by atoms with Gasteiger partial charge in [-0.15, -0.1) is 0 Å². The first-order valence-electron chi connectivity index (χ1n) is 23.1. The van der Waals surface area contributed by atoms with Crippen LogP contribution in [-0.2, 0) is 10.8 Å². The van der Waals surface area contributed by atoms with E-state index in [1.54, 1.807) is 0 Å². The molecular formula is C64H46N2. The van der Waals surface area contributed by atoms with Crippen molar-refractivity contribution in [2.24, 2.45) is 0 Å². The second-order valence-electron chi connectivity index (χ2n) is 18.3. The summed E-state index contributed by atoms with van der Waals surface area (Å²) < 4.78 is 5.12. The van der Waals surface area contributed by atoms with Crippen LogP contribution in [-0.4, -0.2) is 9.13 Å². The zero-order chi connectivity index (χ0) is 44.0. The average molecular weight is 843 g/mol. The van der Waals surface area contributed by atoms with Crippen molar-refractivity contribution >= 4 is 43.6 Å². The quantitative estimate of drug-likeness (QED) is 0.158. The van der Waals surface area contributed by atoms with Gasteiger partial charge in [-0.05, 0) is 106 Å². The minimum absolute atomic E-state index is 0.586. The molecule has 10 aromatic carbocycles. The number of nitrogens with zero attached hydrogens (tertiary/aromatic N) is 2. The molecule has 2 heteroatoms. The molecule has 0 spiro atoms. The minimum Gasteiger partial charge on any atom is -0.309 e. The molecule has 0 bridgehead atoms. The molecule has 0 fully saturated rings. The van der Waals surface area contributed by atoms with Crippen LogP contribution in [0.1, 0.15) is 47.2 Å². The van der Waals surface area contributed by atoms with Gasteiger partial charge in [-0.1, -0.05) is 206 Å². The van der Waals surface area contributed by atoms with Crippen LogP contribution in [0.4, 0.5) is 0 Å². The maximum Gasteiger partial charge on any atom is 0.0588 e. The van der Waals surface area contributed by atoms with Crippen molar-refractivity contribution in [3.8, 4) is 33.6 Å². The predicted octanol–water partition coefficient (Wildman–Crippen LogP) is 16.2. The SMILES string of the molecule is CC1(c2ccccc2)c2ccc3c4ccccc4n(-c4cccc(-c5ccccc5)c4)c3c2C(C)(c2ccccc2)c2ccc3c4ccccc4n(-c4ccc(-c5ccccc5)cc4)c3c21. The summed E-state index contributed by atoms with van der Waals surface area (Å²) in [6.45, 7) is 5.00. The van der Waals surface area contributed by atoms with Gasteiger partial charge in [0.05, 0.1) is 22.1 Å². The summed E-state index contributed by atoms with van der Waals surface area (Å²) in [5.74, 6) is 0.